The average Bonchev–Trinajstić information content (AvgIpc) is 3.19. The van der Waals surface area contributed by atoms with E-state index in [-0.39, 0.29) is 18.8 Å². The number of rotatable bonds is 3. The third-order valence-corrected chi connectivity index (χ3v) is 6.23. The first-order chi connectivity index (χ1) is 14.3. The Labute approximate surface area is 177 Å². The molecular formula is C22H25F2N5S. The van der Waals surface area contributed by atoms with Crippen LogP contribution in [0.2, 0.25) is 0 Å². The summed E-state index contributed by atoms with van der Waals surface area (Å²) in [4.78, 5) is 10.9. The molecule has 0 bridgehead atoms. The number of nitrogen functional groups attached to an aromatic ring is 1. The largest absolute Gasteiger partial charge is 0.397 e. The van der Waals surface area contributed by atoms with Crippen molar-refractivity contribution in [2.75, 3.05) is 5.73 Å². The van der Waals surface area contributed by atoms with Crippen LogP contribution in [0.25, 0.3) is 32.5 Å². The number of pyridine rings is 2. The van der Waals surface area contributed by atoms with E-state index in [9.17, 15) is 8.78 Å². The van der Waals surface area contributed by atoms with Gasteiger partial charge in [-0.3, -0.25) is 4.68 Å². The van der Waals surface area contributed by atoms with Gasteiger partial charge >= 0.3 is 0 Å². The minimum atomic E-state index is -2.50. The van der Waals surface area contributed by atoms with Gasteiger partial charge in [0.2, 0.25) is 5.92 Å². The maximum Gasteiger partial charge on any atom is 0.248 e. The molecule has 0 amide bonds. The van der Waals surface area contributed by atoms with Crippen molar-refractivity contribution in [1.29, 1.82) is 0 Å². The van der Waals surface area contributed by atoms with Crippen LogP contribution in [-0.2, 0) is 13.5 Å². The molecule has 0 aliphatic heterocycles. The van der Waals surface area contributed by atoms with Crippen LogP contribution in [0.5, 0.6) is 0 Å². The Morgan fingerprint density at radius 2 is 2.00 bits per heavy atom. The van der Waals surface area contributed by atoms with Crippen LogP contribution in [0.4, 0.5) is 14.5 Å². The second kappa shape index (κ2) is 7.91. The lowest BCUT2D eigenvalue weighted by atomic mass is 9.79. The van der Waals surface area contributed by atoms with Crippen molar-refractivity contribution in [3.05, 3.63) is 35.5 Å². The molecule has 0 spiro atoms. The molecule has 0 saturated heterocycles. The highest BCUT2D eigenvalue weighted by Crippen LogP contribution is 2.46. The van der Waals surface area contributed by atoms with E-state index in [4.69, 9.17) is 10.7 Å². The number of halogens is 2. The molecule has 1 fully saturated rings. The number of hydrogen-bond acceptors (Lipinski definition) is 5. The van der Waals surface area contributed by atoms with Crippen molar-refractivity contribution in [1.82, 2.24) is 19.7 Å². The number of hydrogen-bond donors (Lipinski definition) is 1. The minimum Gasteiger partial charge on any atom is -0.397 e. The maximum absolute atomic E-state index is 13.1. The zero-order valence-electron chi connectivity index (χ0n) is 17.3. The van der Waals surface area contributed by atoms with Gasteiger partial charge in [-0.2, -0.15) is 5.10 Å². The summed E-state index contributed by atoms with van der Waals surface area (Å²) in [6.07, 6.45) is 5.44. The fourth-order valence-electron chi connectivity index (χ4n) is 3.72. The predicted molar refractivity (Wildman–Crippen MR) is 119 cm³/mol. The molecule has 0 radical (unpaired) electrons. The molecule has 1 aliphatic carbocycles. The van der Waals surface area contributed by atoms with Gasteiger partial charge in [0.15, 0.2) is 5.65 Å². The molecule has 5 rings (SSSR count). The summed E-state index contributed by atoms with van der Waals surface area (Å²) in [7, 11) is 1.86. The molecule has 1 aliphatic rings. The Kier molecular flexibility index (Phi) is 5.44. The molecule has 5 nitrogen and oxygen atoms in total. The molecule has 4 heterocycles. The summed E-state index contributed by atoms with van der Waals surface area (Å²) in [5.74, 6) is -2.49. The Morgan fingerprint density at radius 3 is 2.70 bits per heavy atom. The van der Waals surface area contributed by atoms with Crippen molar-refractivity contribution >= 4 is 38.3 Å². The van der Waals surface area contributed by atoms with E-state index >= 15 is 0 Å². The summed E-state index contributed by atoms with van der Waals surface area (Å²) in [6, 6.07) is 5.89. The molecule has 158 valence electrons. The van der Waals surface area contributed by atoms with E-state index < -0.39 is 5.92 Å². The number of aromatic nitrogens is 4. The highest BCUT2D eigenvalue weighted by molar-refractivity contribution is 7.19. The van der Waals surface area contributed by atoms with Crippen LogP contribution < -0.4 is 5.73 Å². The van der Waals surface area contributed by atoms with Crippen LogP contribution in [0, 0.1) is 5.92 Å². The Bertz CT molecular complexity index is 1190. The summed E-state index contributed by atoms with van der Waals surface area (Å²) in [5, 5.41) is 6.12. The van der Waals surface area contributed by atoms with Crippen molar-refractivity contribution < 1.29 is 8.78 Å². The number of nitrogens with zero attached hydrogens (tertiary/aromatic N) is 4. The van der Waals surface area contributed by atoms with Gasteiger partial charge in [-0.25, -0.2) is 18.7 Å². The first-order valence-corrected chi connectivity index (χ1v) is 11.0. The standard InChI is InChI=1S/C19H17F2N5S.C3H8/c1-26-9-12-5-11(8-23-17(12)25-26)14-3-2-13-16(22)15(27-18(13)24-14)4-10-6-19(20,21)7-10;1-3-2/h2-3,5,8-10H,4,6-7,22H2,1H3;3H2,1-2H3. The molecule has 0 aromatic carbocycles. The molecular weight excluding hydrogens is 404 g/mol. The maximum atomic E-state index is 13.1. The molecule has 0 unspecified atom stereocenters. The Hall–Kier alpha value is -2.61. The van der Waals surface area contributed by atoms with Crippen molar-refractivity contribution in [2.24, 2.45) is 13.0 Å². The third kappa shape index (κ3) is 4.01. The van der Waals surface area contributed by atoms with Gasteiger partial charge in [-0.05, 0) is 30.5 Å². The van der Waals surface area contributed by atoms with Crippen molar-refractivity contribution in [2.45, 2.75) is 45.5 Å². The number of thiophene rings is 1. The zero-order valence-corrected chi connectivity index (χ0v) is 18.1. The second-order valence-corrected chi connectivity index (χ2v) is 9.05. The minimum absolute atomic E-state index is 0.00650. The van der Waals surface area contributed by atoms with Gasteiger partial charge in [-0.15, -0.1) is 11.3 Å². The molecule has 2 N–H and O–H groups in total. The fourth-order valence-corrected chi connectivity index (χ4v) is 4.93. The van der Waals surface area contributed by atoms with Gasteiger partial charge in [0.25, 0.3) is 0 Å². The number of fused-ring (bicyclic) bond motifs is 2. The van der Waals surface area contributed by atoms with Crippen molar-refractivity contribution in [3.63, 3.8) is 0 Å². The summed E-state index contributed by atoms with van der Waals surface area (Å²) >= 11 is 1.50. The number of anilines is 1. The second-order valence-electron chi connectivity index (χ2n) is 7.97. The average molecular weight is 430 g/mol. The van der Waals surface area contributed by atoms with E-state index in [1.807, 2.05) is 31.4 Å². The van der Waals surface area contributed by atoms with Crippen LogP contribution in [-0.4, -0.2) is 25.7 Å². The smallest absolute Gasteiger partial charge is 0.248 e. The van der Waals surface area contributed by atoms with Gasteiger partial charge in [0.05, 0.1) is 11.4 Å². The SMILES string of the molecule is CCC.Cn1cc2cc(-c3ccc4c(N)c(CC5CC(F)(F)C5)sc4n3)cnc2n1. The lowest BCUT2D eigenvalue weighted by Gasteiger charge is -2.34. The molecule has 0 atom stereocenters. The highest BCUT2D eigenvalue weighted by Gasteiger charge is 2.45. The lowest BCUT2D eigenvalue weighted by Crippen LogP contribution is -2.36. The van der Waals surface area contributed by atoms with Crippen LogP contribution in [0.3, 0.4) is 0 Å². The topological polar surface area (TPSA) is 69.6 Å². The monoisotopic (exact) mass is 429 g/mol. The van der Waals surface area contributed by atoms with Crippen LogP contribution >= 0.6 is 11.3 Å². The zero-order chi connectivity index (χ0) is 21.5. The number of nitrogens with two attached hydrogens (primary N) is 1. The number of aryl methyl sites for hydroxylation is 1. The van der Waals surface area contributed by atoms with Gasteiger partial charge in [-0.1, -0.05) is 20.3 Å². The fraction of sp³-hybridized carbons (Fsp3) is 0.409. The first-order valence-electron chi connectivity index (χ1n) is 10.1. The third-order valence-electron chi connectivity index (χ3n) is 5.09. The van der Waals surface area contributed by atoms with Gasteiger partial charge < -0.3 is 5.73 Å². The van der Waals surface area contributed by atoms with Crippen molar-refractivity contribution in [3.8, 4) is 11.3 Å². The normalized spacial score (nSPS) is 15.8. The highest BCUT2D eigenvalue weighted by atomic mass is 32.1. The molecule has 30 heavy (non-hydrogen) atoms. The Balaban J connectivity index is 0.000000687. The Morgan fingerprint density at radius 1 is 1.27 bits per heavy atom. The summed E-state index contributed by atoms with van der Waals surface area (Å²) in [6.45, 7) is 4.25. The van der Waals surface area contributed by atoms with Crippen LogP contribution in [0.1, 0.15) is 38.0 Å². The van der Waals surface area contributed by atoms with E-state index in [0.717, 1.165) is 31.7 Å². The molecule has 4 aromatic rings. The van der Waals surface area contributed by atoms with Gasteiger partial charge in [0.1, 0.15) is 4.83 Å². The first kappa shape index (κ1) is 20.7. The molecule has 4 aromatic heterocycles. The molecule has 1 saturated carbocycles. The molecule has 8 heteroatoms. The summed E-state index contributed by atoms with van der Waals surface area (Å²) < 4.78 is 27.9. The predicted octanol–water partition coefficient (Wildman–Crippen LogP) is 5.83. The van der Waals surface area contributed by atoms with E-state index in [1.54, 1.807) is 10.9 Å². The lowest BCUT2D eigenvalue weighted by molar-refractivity contribution is -0.109. The van der Waals surface area contributed by atoms with E-state index in [0.29, 0.717) is 17.8 Å². The quantitative estimate of drug-likeness (QED) is 0.445. The van der Waals surface area contributed by atoms with E-state index in [2.05, 4.69) is 23.9 Å². The van der Waals surface area contributed by atoms with E-state index in [1.165, 1.54) is 17.8 Å². The van der Waals surface area contributed by atoms with Crippen LogP contribution in [0.15, 0.2) is 30.6 Å². The van der Waals surface area contributed by atoms with Gasteiger partial charge in [0, 0.05) is 53.5 Å². The number of alkyl halides is 2. The summed E-state index contributed by atoms with van der Waals surface area (Å²) in [5.41, 5.74) is 9.34.